The number of amides is 1. The van der Waals surface area contributed by atoms with Gasteiger partial charge in [-0.3, -0.25) is 10.2 Å². The molecule has 0 spiro atoms. The number of nitrogens with one attached hydrogen (secondary N) is 1. The Balaban J connectivity index is 2.07. The monoisotopic (exact) mass is 246 g/mol. The molecule has 1 aliphatic carbocycles. The van der Waals surface area contributed by atoms with Gasteiger partial charge in [0, 0.05) is 0 Å². The Kier molecular flexibility index (Phi) is 4.37. The van der Waals surface area contributed by atoms with Crippen molar-refractivity contribution in [1.29, 1.82) is 0 Å². The zero-order valence-corrected chi connectivity index (χ0v) is 11.0. The molecular weight excluding hydrogens is 224 g/mol. The molecule has 1 aromatic rings. The van der Waals surface area contributed by atoms with Crippen LogP contribution in [0.25, 0.3) is 0 Å². The molecule has 3 nitrogen and oxygen atoms in total. The van der Waals surface area contributed by atoms with Crippen molar-refractivity contribution in [2.45, 2.75) is 50.9 Å². The van der Waals surface area contributed by atoms with E-state index in [1.54, 1.807) is 0 Å². The summed E-state index contributed by atoms with van der Waals surface area (Å²) in [5.74, 6) is 5.55. The van der Waals surface area contributed by atoms with Gasteiger partial charge in [0.2, 0.25) is 5.91 Å². The zero-order chi connectivity index (χ0) is 13.0. The third kappa shape index (κ3) is 2.91. The number of hydrazine groups is 1. The summed E-state index contributed by atoms with van der Waals surface area (Å²) in [7, 11) is 0. The second-order valence-corrected chi connectivity index (χ2v) is 5.23. The first-order valence-electron chi connectivity index (χ1n) is 6.82. The molecule has 0 radical (unpaired) electrons. The van der Waals surface area contributed by atoms with Gasteiger partial charge >= 0.3 is 0 Å². The van der Waals surface area contributed by atoms with Crippen LogP contribution in [0.1, 0.15) is 62.0 Å². The van der Waals surface area contributed by atoms with Crippen LogP contribution in [0.3, 0.4) is 0 Å². The van der Waals surface area contributed by atoms with Gasteiger partial charge in [-0.2, -0.15) is 0 Å². The second-order valence-electron chi connectivity index (χ2n) is 5.23. The van der Waals surface area contributed by atoms with Crippen molar-refractivity contribution in [3.63, 3.8) is 0 Å². The smallest absolute Gasteiger partial charge is 0.241 e. The highest BCUT2D eigenvalue weighted by molar-refractivity contribution is 5.82. The fourth-order valence-electron chi connectivity index (χ4n) is 2.77. The van der Waals surface area contributed by atoms with Gasteiger partial charge < -0.3 is 0 Å². The number of hydrogen-bond acceptors (Lipinski definition) is 2. The van der Waals surface area contributed by atoms with Crippen molar-refractivity contribution in [1.82, 2.24) is 5.43 Å². The quantitative estimate of drug-likeness (QED) is 0.489. The summed E-state index contributed by atoms with van der Waals surface area (Å²) >= 11 is 0. The topological polar surface area (TPSA) is 55.1 Å². The first kappa shape index (κ1) is 13.1. The fraction of sp³-hybridized carbons (Fsp3) is 0.533. The fourth-order valence-corrected chi connectivity index (χ4v) is 2.77. The van der Waals surface area contributed by atoms with Crippen LogP contribution in [0.4, 0.5) is 0 Å². The molecule has 0 saturated heterocycles. The van der Waals surface area contributed by atoms with Crippen LogP contribution in [0.2, 0.25) is 0 Å². The summed E-state index contributed by atoms with van der Waals surface area (Å²) in [6.07, 6.45) is 6.68. The van der Waals surface area contributed by atoms with Gasteiger partial charge in [0.05, 0.1) is 5.92 Å². The zero-order valence-electron chi connectivity index (χ0n) is 11.0. The molecule has 1 unspecified atom stereocenters. The highest BCUT2D eigenvalue weighted by Gasteiger charge is 2.17. The van der Waals surface area contributed by atoms with E-state index in [2.05, 4.69) is 29.7 Å². The van der Waals surface area contributed by atoms with Crippen molar-refractivity contribution in [2.24, 2.45) is 5.84 Å². The molecule has 0 bridgehead atoms. The highest BCUT2D eigenvalue weighted by atomic mass is 16.2. The highest BCUT2D eigenvalue weighted by Crippen LogP contribution is 2.33. The van der Waals surface area contributed by atoms with Crippen molar-refractivity contribution < 1.29 is 4.79 Å². The molecule has 1 atom stereocenters. The number of nitrogens with two attached hydrogens (primary N) is 1. The largest absolute Gasteiger partial charge is 0.294 e. The molecule has 3 N–H and O–H groups in total. The Morgan fingerprint density at radius 2 is 1.83 bits per heavy atom. The van der Waals surface area contributed by atoms with Crippen molar-refractivity contribution >= 4 is 5.91 Å². The molecular formula is C15H22N2O. The Labute approximate surface area is 109 Å². The molecule has 1 aliphatic rings. The van der Waals surface area contributed by atoms with Gasteiger partial charge in [-0.1, -0.05) is 43.5 Å². The lowest BCUT2D eigenvalue weighted by Crippen LogP contribution is -2.33. The van der Waals surface area contributed by atoms with Crippen LogP contribution in [0, 0.1) is 0 Å². The molecule has 2 rings (SSSR count). The van der Waals surface area contributed by atoms with Gasteiger partial charge in [0.1, 0.15) is 0 Å². The summed E-state index contributed by atoms with van der Waals surface area (Å²) in [5, 5.41) is 0. The number of rotatable bonds is 3. The molecule has 18 heavy (non-hydrogen) atoms. The van der Waals surface area contributed by atoms with Crippen LogP contribution in [0.5, 0.6) is 0 Å². The van der Waals surface area contributed by atoms with E-state index in [1.165, 1.54) is 37.7 Å². The van der Waals surface area contributed by atoms with E-state index in [9.17, 15) is 4.79 Å². The minimum Gasteiger partial charge on any atom is -0.294 e. The van der Waals surface area contributed by atoms with Crippen LogP contribution in [-0.2, 0) is 4.79 Å². The molecule has 1 saturated carbocycles. The number of hydrogen-bond donors (Lipinski definition) is 2. The summed E-state index contributed by atoms with van der Waals surface area (Å²) in [5.41, 5.74) is 4.64. The molecule has 1 fully saturated rings. The van der Waals surface area contributed by atoms with E-state index >= 15 is 0 Å². The van der Waals surface area contributed by atoms with E-state index in [0.717, 1.165) is 5.56 Å². The van der Waals surface area contributed by atoms with Crippen molar-refractivity contribution in [3.8, 4) is 0 Å². The molecule has 0 aromatic heterocycles. The second kappa shape index (κ2) is 6.01. The molecule has 0 aliphatic heterocycles. The standard InChI is InChI=1S/C15H22N2O/c1-11(15(18)17-16)12-7-9-14(10-8-12)13-5-3-2-4-6-13/h7-11,13H,2-6,16H2,1H3,(H,17,18). The van der Waals surface area contributed by atoms with Gasteiger partial charge in [-0.15, -0.1) is 0 Å². The van der Waals surface area contributed by atoms with E-state index in [0.29, 0.717) is 5.92 Å². The van der Waals surface area contributed by atoms with Crippen molar-refractivity contribution in [3.05, 3.63) is 35.4 Å². The Hall–Kier alpha value is -1.35. The Morgan fingerprint density at radius 3 is 2.39 bits per heavy atom. The summed E-state index contributed by atoms with van der Waals surface area (Å²) < 4.78 is 0. The van der Waals surface area contributed by atoms with Gasteiger partial charge in [-0.05, 0) is 36.8 Å². The maximum Gasteiger partial charge on any atom is 0.241 e. The minimum absolute atomic E-state index is 0.139. The normalized spacial score (nSPS) is 18.3. The van der Waals surface area contributed by atoms with Gasteiger partial charge in [0.15, 0.2) is 0 Å². The molecule has 1 amide bonds. The summed E-state index contributed by atoms with van der Waals surface area (Å²) in [4.78, 5) is 11.5. The minimum atomic E-state index is -0.185. The van der Waals surface area contributed by atoms with Crippen LogP contribution in [-0.4, -0.2) is 5.91 Å². The predicted octanol–water partition coefficient (Wildman–Crippen LogP) is 2.83. The predicted molar refractivity (Wildman–Crippen MR) is 73.0 cm³/mol. The number of carbonyl (C=O) groups excluding carboxylic acids is 1. The summed E-state index contributed by atoms with van der Waals surface area (Å²) in [6, 6.07) is 8.46. The molecule has 1 aromatic carbocycles. The van der Waals surface area contributed by atoms with E-state index in [1.807, 2.05) is 6.92 Å². The SMILES string of the molecule is CC(C(=O)NN)c1ccc(C2CCCCC2)cc1. The van der Waals surface area contributed by atoms with Crippen molar-refractivity contribution in [2.75, 3.05) is 0 Å². The van der Waals surface area contributed by atoms with E-state index in [4.69, 9.17) is 5.84 Å². The molecule has 0 heterocycles. The molecule has 98 valence electrons. The van der Waals surface area contributed by atoms with Gasteiger partial charge in [-0.25, -0.2) is 5.84 Å². The molecule has 3 heteroatoms. The lowest BCUT2D eigenvalue weighted by molar-refractivity contribution is -0.122. The van der Waals surface area contributed by atoms with E-state index < -0.39 is 0 Å². The van der Waals surface area contributed by atoms with Crippen LogP contribution >= 0.6 is 0 Å². The number of benzene rings is 1. The third-order valence-corrected chi connectivity index (χ3v) is 4.05. The average molecular weight is 246 g/mol. The average Bonchev–Trinajstić information content (AvgIpc) is 2.47. The Bertz CT molecular complexity index is 393. The maximum atomic E-state index is 11.5. The van der Waals surface area contributed by atoms with Crippen LogP contribution < -0.4 is 11.3 Å². The third-order valence-electron chi connectivity index (χ3n) is 4.05. The Morgan fingerprint density at radius 1 is 1.22 bits per heavy atom. The van der Waals surface area contributed by atoms with Gasteiger partial charge in [0.25, 0.3) is 0 Å². The first-order chi connectivity index (χ1) is 8.72. The van der Waals surface area contributed by atoms with E-state index in [-0.39, 0.29) is 11.8 Å². The summed E-state index contributed by atoms with van der Waals surface area (Å²) in [6.45, 7) is 1.87. The lowest BCUT2D eigenvalue weighted by Gasteiger charge is -2.22. The first-order valence-corrected chi connectivity index (χ1v) is 6.82. The number of carbonyl (C=O) groups is 1. The maximum absolute atomic E-state index is 11.5. The van der Waals surface area contributed by atoms with Crippen LogP contribution in [0.15, 0.2) is 24.3 Å². The lowest BCUT2D eigenvalue weighted by atomic mass is 9.83.